The summed E-state index contributed by atoms with van der Waals surface area (Å²) in [5.41, 5.74) is 0.885. The van der Waals surface area contributed by atoms with Gasteiger partial charge < -0.3 is 15.5 Å². The highest BCUT2D eigenvalue weighted by Gasteiger charge is 2.34. The first kappa shape index (κ1) is 16.1. The molecule has 0 saturated carbocycles. The maximum absolute atomic E-state index is 12.9. The van der Waals surface area contributed by atoms with Crippen LogP contribution in [0.1, 0.15) is 5.56 Å². The number of rotatable bonds is 2. The van der Waals surface area contributed by atoms with Gasteiger partial charge in [-0.3, -0.25) is 4.79 Å². The molecule has 0 fully saturated rings. The zero-order valence-electron chi connectivity index (χ0n) is 10.7. The molecule has 0 bridgehead atoms. The van der Waals surface area contributed by atoms with Crippen molar-refractivity contribution in [2.75, 3.05) is 6.61 Å². The van der Waals surface area contributed by atoms with E-state index in [2.05, 4.69) is 15.5 Å². The van der Waals surface area contributed by atoms with Crippen molar-refractivity contribution in [3.05, 3.63) is 34.1 Å². The molecule has 1 heterocycles. The standard InChI is InChI=1S/C12H8F6N2O2/c13-11(14,15)4-22-9-1-5-6(12(16,17)18)2-10(21)20-8(5)3-7(9)19/h1-3H,4,19H2,(H,20,21)/p+1. The molecule has 1 aromatic carbocycles. The van der Waals surface area contributed by atoms with Gasteiger partial charge in [-0.05, 0) is 6.07 Å². The van der Waals surface area contributed by atoms with Gasteiger partial charge in [0.15, 0.2) is 18.0 Å². The lowest BCUT2D eigenvalue weighted by molar-refractivity contribution is -0.257. The number of ether oxygens (including phenoxy) is 1. The number of aromatic nitrogens is 1. The van der Waals surface area contributed by atoms with Crippen LogP contribution in [0.5, 0.6) is 5.75 Å². The zero-order chi connectivity index (χ0) is 16.7. The minimum Gasteiger partial charge on any atom is -0.478 e. The normalized spacial score (nSPS) is 12.7. The van der Waals surface area contributed by atoms with Gasteiger partial charge >= 0.3 is 12.4 Å². The minimum atomic E-state index is -4.84. The van der Waals surface area contributed by atoms with Crippen molar-refractivity contribution in [2.24, 2.45) is 0 Å². The average molecular weight is 327 g/mol. The Morgan fingerprint density at radius 3 is 2.27 bits per heavy atom. The lowest BCUT2D eigenvalue weighted by atomic mass is 10.1. The van der Waals surface area contributed by atoms with E-state index < -0.39 is 41.2 Å². The number of quaternary nitrogens is 1. The molecule has 0 saturated heterocycles. The molecule has 0 aliphatic carbocycles. The molecule has 22 heavy (non-hydrogen) atoms. The Bertz CT molecular complexity index is 763. The molecular weight excluding hydrogens is 318 g/mol. The molecule has 1 aromatic heterocycles. The van der Waals surface area contributed by atoms with Crippen molar-refractivity contribution in [3.63, 3.8) is 0 Å². The summed E-state index contributed by atoms with van der Waals surface area (Å²) in [5.74, 6) is -0.442. The summed E-state index contributed by atoms with van der Waals surface area (Å²) in [5, 5.41) is -0.475. The first-order valence-electron chi connectivity index (χ1n) is 5.77. The van der Waals surface area contributed by atoms with Crippen molar-refractivity contribution in [1.82, 2.24) is 4.98 Å². The lowest BCUT2D eigenvalue weighted by Gasteiger charge is -2.13. The van der Waals surface area contributed by atoms with Gasteiger partial charge in [-0.15, -0.1) is 0 Å². The van der Waals surface area contributed by atoms with Crippen LogP contribution in [0.2, 0.25) is 0 Å². The lowest BCUT2D eigenvalue weighted by Crippen LogP contribution is -2.41. The second kappa shape index (κ2) is 5.20. The van der Waals surface area contributed by atoms with E-state index >= 15 is 0 Å². The van der Waals surface area contributed by atoms with Gasteiger partial charge in [0.25, 0.3) is 0 Å². The largest absolute Gasteiger partial charge is 0.478 e. The predicted octanol–water partition coefficient (Wildman–Crippen LogP) is 2.36. The number of benzene rings is 1. The number of nitrogens with one attached hydrogen (secondary N) is 1. The van der Waals surface area contributed by atoms with E-state index in [0.717, 1.165) is 12.1 Å². The number of aromatic amines is 1. The van der Waals surface area contributed by atoms with Crippen LogP contribution in [0.15, 0.2) is 23.0 Å². The van der Waals surface area contributed by atoms with Gasteiger partial charge in [0.05, 0.1) is 11.1 Å². The number of fused-ring (bicyclic) bond motifs is 1. The molecule has 0 atom stereocenters. The molecular formula is C12H9F6N2O2+. The number of alkyl halides is 6. The molecule has 0 radical (unpaired) electrons. The van der Waals surface area contributed by atoms with E-state index in [1.165, 1.54) is 0 Å². The van der Waals surface area contributed by atoms with E-state index in [1.807, 2.05) is 0 Å². The summed E-state index contributed by atoms with van der Waals surface area (Å²) in [6, 6.07) is 2.14. The van der Waals surface area contributed by atoms with Crippen LogP contribution in [0.25, 0.3) is 10.9 Å². The maximum atomic E-state index is 12.9. The Labute approximate surface area is 118 Å². The first-order chi connectivity index (χ1) is 9.97. The van der Waals surface area contributed by atoms with Crippen LogP contribution in [-0.4, -0.2) is 17.8 Å². The minimum absolute atomic E-state index is 0.0771. The van der Waals surface area contributed by atoms with Crippen molar-refractivity contribution in [1.29, 1.82) is 0 Å². The fourth-order valence-electron chi connectivity index (χ4n) is 1.86. The zero-order valence-corrected chi connectivity index (χ0v) is 10.7. The molecule has 0 unspecified atom stereocenters. The summed E-state index contributed by atoms with van der Waals surface area (Å²) in [6.45, 7) is -1.66. The highest BCUT2D eigenvalue weighted by molar-refractivity contribution is 5.86. The van der Waals surface area contributed by atoms with Gasteiger partial charge in [-0.1, -0.05) is 0 Å². The van der Waals surface area contributed by atoms with Crippen molar-refractivity contribution in [3.8, 4) is 5.75 Å². The van der Waals surface area contributed by atoms with Gasteiger partial charge in [-0.25, -0.2) is 0 Å². The number of halogens is 6. The van der Waals surface area contributed by atoms with Crippen LogP contribution in [0.3, 0.4) is 0 Å². The summed E-state index contributed by atoms with van der Waals surface area (Å²) < 4.78 is 79.6. The third-order valence-electron chi connectivity index (χ3n) is 2.72. The summed E-state index contributed by atoms with van der Waals surface area (Å²) in [7, 11) is 0. The van der Waals surface area contributed by atoms with Crippen LogP contribution in [-0.2, 0) is 6.18 Å². The van der Waals surface area contributed by atoms with Crippen molar-refractivity contribution >= 4 is 16.6 Å². The molecule has 4 nitrogen and oxygen atoms in total. The van der Waals surface area contributed by atoms with Gasteiger partial charge in [-0.2, -0.15) is 26.3 Å². The third kappa shape index (κ3) is 3.50. The SMILES string of the molecule is [NH3+]c1cc2[nH]c(=O)cc(C(F)(F)F)c2cc1OCC(F)(F)F. The van der Waals surface area contributed by atoms with Crippen LogP contribution in [0.4, 0.5) is 32.0 Å². The summed E-state index contributed by atoms with van der Waals surface area (Å²) in [6.07, 6.45) is -9.48. The van der Waals surface area contributed by atoms with Crippen LogP contribution < -0.4 is 16.0 Å². The van der Waals surface area contributed by atoms with E-state index in [-0.39, 0.29) is 11.2 Å². The summed E-state index contributed by atoms with van der Waals surface area (Å²) >= 11 is 0. The molecule has 2 rings (SSSR count). The fraction of sp³-hybridized carbons (Fsp3) is 0.250. The number of H-pyrrole nitrogens is 1. The molecule has 0 aliphatic rings. The second-order valence-corrected chi connectivity index (χ2v) is 4.45. The second-order valence-electron chi connectivity index (χ2n) is 4.45. The van der Waals surface area contributed by atoms with E-state index in [4.69, 9.17) is 0 Å². The maximum Gasteiger partial charge on any atom is 0.422 e. The third-order valence-corrected chi connectivity index (χ3v) is 2.72. The van der Waals surface area contributed by atoms with Crippen molar-refractivity contribution < 1.29 is 36.8 Å². The average Bonchev–Trinajstić information content (AvgIpc) is 2.33. The number of hydrogen-bond acceptors (Lipinski definition) is 2. The molecule has 120 valence electrons. The molecule has 4 N–H and O–H groups in total. The smallest absolute Gasteiger partial charge is 0.422 e. The van der Waals surface area contributed by atoms with Gasteiger partial charge in [0, 0.05) is 17.5 Å². The van der Waals surface area contributed by atoms with Crippen LogP contribution >= 0.6 is 0 Å². The molecule has 0 spiro atoms. The Kier molecular flexibility index (Phi) is 3.81. The topological polar surface area (TPSA) is 69.7 Å². The van der Waals surface area contributed by atoms with E-state index in [0.29, 0.717) is 6.07 Å². The first-order valence-corrected chi connectivity index (χ1v) is 5.77. The molecule has 10 heteroatoms. The quantitative estimate of drug-likeness (QED) is 0.832. The Balaban J connectivity index is 2.60. The van der Waals surface area contributed by atoms with Gasteiger partial charge in [0.2, 0.25) is 5.56 Å². The monoisotopic (exact) mass is 327 g/mol. The predicted molar refractivity (Wildman–Crippen MR) is 63.7 cm³/mol. The molecule has 0 aliphatic heterocycles. The molecule has 0 amide bonds. The number of pyridine rings is 1. The van der Waals surface area contributed by atoms with E-state index in [9.17, 15) is 31.1 Å². The fourth-order valence-corrected chi connectivity index (χ4v) is 1.86. The Morgan fingerprint density at radius 2 is 1.73 bits per heavy atom. The summed E-state index contributed by atoms with van der Waals surface area (Å²) in [4.78, 5) is 13.4. The highest BCUT2D eigenvalue weighted by Crippen LogP contribution is 2.36. The van der Waals surface area contributed by atoms with Crippen LogP contribution in [0, 0.1) is 0 Å². The Hall–Kier alpha value is -2.23. The number of hydrogen-bond donors (Lipinski definition) is 2. The highest BCUT2D eigenvalue weighted by atomic mass is 19.4. The Morgan fingerprint density at radius 1 is 1.09 bits per heavy atom. The molecule has 2 aromatic rings. The van der Waals surface area contributed by atoms with Gasteiger partial charge in [0.1, 0.15) is 0 Å². The van der Waals surface area contributed by atoms with E-state index in [1.54, 1.807) is 0 Å². The van der Waals surface area contributed by atoms with Crippen molar-refractivity contribution in [2.45, 2.75) is 12.4 Å².